The molecule has 0 aliphatic rings. The van der Waals surface area contributed by atoms with E-state index in [4.69, 9.17) is 4.74 Å². The van der Waals surface area contributed by atoms with Crippen molar-refractivity contribution in [1.29, 1.82) is 0 Å². The first kappa shape index (κ1) is 22.0. The average Bonchev–Trinajstić information content (AvgIpc) is 2.92. The number of benzene rings is 1. The number of ether oxygens (including phenoxy) is 1. The molecule has 0 radical (unpaired) electrons. The van der Waals surface area contributed by atoms with E-state index in [9.17, 15) is 27.6 Å². The molecule has 0 saturated heterocycles. The lowest BCUT2D eigenvalue weighted by molar-refractivity contribution is -0.167. The van der Waals surface area contributed by atoms with E-state index < -0.39 is 29.6 Å². The van der Waals surface area contributed by atoms with E-state index in [2.05, 4.69) is 5.32 Å². The van der Waals surface area contributed by atoms with Crippen molar-refractivity contribution in [2.24, 2.45) is 7.05 Å². The molecular formula is C19H20F3N3O4. The first-order valence-corrected chi connectivity index (χ1v) is 8.45. The molecule has 1 aromatic carbocycles. The van der Waals surface area contributed by atoms with Crippen LogP contribution in [0.25, 0.3) is 0 Å². The highest BCUT2D eigenvalue weighted by Gasteiger charge is 2.38. The number of alkyl halides is 3. The lowest BCUT2D eigenvalue weighted by Gasteiger charge is -2.19. The van der Waals surface area contributed by atoms with Gasteiger partial charge in [0.15, 0.2) is 0 Å². The van der Waals surface area contributed by atoms with E-state index in [0.29, 0.717) is 5.69 Å². The third-order valence-corrected chi connectivity index (χ3v) is 3.55. The minimum atomic E-state index is -5.00. The Morgan fingerprint density at radius 1 is 0.966 bits per heavy atom. The fourth-order valence-corrected chi connectivity index (χ4v) is 2.33. The lowest BCUT2D eigenvalue weighted by atomic mass is 10.1. The van der Waals surface area contributed by atoms with Crippen LogP contribution in [0.15, 0.2) is 36.5 Å². The number of aromatic nitrogens is 1. The second kappa shape index (κ2) is 7.98. The van der Waals surface area contributed by atoms with Crippen LogP contribution in [-0.4, -0.2) is 34.1 Å². The number of hydrogen-bond acceptors (Lipinski definition) is 4. The fourth-order valence-electron chi connectivity index (χ4n) is 2.33. The topological polar surface area (TPSA) is 89.4 Å². The van der Waals surface area contributed by atoms with Crippen LogP contribution in [0.5, 0.6) is 0 Å². The number of halogens is 3. The summed E-state index contributed by atoms with van der Waals surface area (Å²) in [6.45, 7) is 5.15. The van der Waals surface area contributed by atoms with Crippen LogP contribution < -0.4 is 10.6 Å². The Bertz CT molecular complexity index is 926. The summed E-state index contributed by atoms with van der Waals surface area (Å²) in [5.41, 5.74) is 0.00575. The van der Waals surface area contributed by atoms with Gasteiger partial charge in [0.05, 0.1) is 11.4 Å². The molecule has 0 unspecified atom stereocenters. The smallest absolute Gasteiger partial charge is 0.444 e. The summed E-state index contributed by atoms with van der Waals surface area (Å²) in [4.78, 5) is 35.4. The first-order chi connectivity index (χ1) is 13.3. The van der Waals surface area contributed by atoms with Crippen molar-refractivity contribution >= 4 is 29.2 Å². The molecule has 0 aliphatic carbocycles. The normalized spacial score (nSPS) is 11.7. The summed E-state index contributed by atoms with van der Waals surface area (Å²) in [6.07, 6.45) is -4.16. The van der Waals surface area contributed by atoms with Crippen molar-refractivity contribution in [3.63, 3.8) is 0 Å². The molecule has 7 nitrogen and oxygen atoms in total. The van der Waals surface area contributed by atoms with Crippen molar-refractivity contribution in [2.75, 3.05) is 10.6 Å². The monoisotopic (exact) mass is 411 g/mol. The van der Waals surface area contributed by atoms with Gasteiger partial charge in [-0.05, 0) is 51.1 Å². The summed E-state index contributed by atoms with van der Waals surface area (Å²) in [7, 11) is 1.60. The zero-order valence-electron chi connectivity index (χ0n) is 16.2. The largest absolute Gasteiger partial charge is 0.471 e. The van der Waals surface area contributed by atoms with Gasteiger partial charge in [-0.25, -0.2) is 4.79 Å². The maximum Gasteiger partial charge on any atom is 0.471 e. The number of carbonyl (C=O) groups is 3. The molecule has 0 atom stereocenters. The van der Waals surface area contributed by atoms with Crippen LogP contribution in [0.3, 0.4) is 0 Å². The van der Waals surface area contributed by atoms with Gasteiger partial charge in [-0.3, -0.25) is 14.9 Å². The molecule has 1 heterocycles. The Kier molecular flexibility index (Phi) is 6.05. The van der Waals surface area contributed by atoms with Gasteiger partial charge in [0.1, 0.15) is 5.60 Å². The van der Waals surface area contributed by atoms with Crippen LogP contribution in [0, 0.1) is 0 Å². The summed E-state index contributed by atoms with van der Waals surface area (Å²) in [6, 6.07) is 6.43. The zero-order valence-corrected chi connectivity index (χ0v) is 16.2. The number of hydrogen-bond donors (Lipinski definition) is 2. The van der Waals surface area contributed by atoms with Gasteiger partial charge in [0.25, 0.3) is 0 Å². The molecular weight excluding hydrogens is 391 g/mol. The number of rotatable bonds is 4. The predicted molar refractivity (Wildman–Crippen MR) is 99.8 cm³/mol. The zero-order chi connectivity index (χ0) is 22.0. The van der Waals surface area contributed by atoms with Crippen LogP contribution in [-0.2, 0) is 16.6 Å². The number of carbonyl (C=O) groups excluding carboxylic acids is 3. The second-order valence-electron chi connectivity index (χ2n) is 7.21. The molecule has 2 aromatic rings. The van der Waals surface area contributed by atoms with Crippen LogP contribution in [0.2, 0.25) is 0 Å². The Labute approximate surface area is 164 Å². The molecule has 2 rings (SSSR count). The quantitative estimate of drug-likeness (QED) is 0.742. The van der Waals surface area contributed by atoms with Crippen molar-refractivity contribution in [1.82, 2.24) is 4.57 Å². The molecule has 0 fully saturated rings. The summed E-state index contributed by atoms with van der Waals surface area (Å²) in [5, 5.41) is 4.22. The Hall–Kier alpha value is -3.30. The highest BCUT2D eigenvalue weighted by molar-refractivity contribution is 6.09. The SMILES string of the molecule is Cn1cc(NC(=O)OC(C)(C)C)cc1C(=O)c1ccc(NC(=O)C(F)(F)F)cc1. The van der Waals surface area contributed by atoms with Gasteiger partial charge < -0.3 is 14.6 Å². The Balaban J connectivity index is 2.11. The van der Waals surface area contributed by atoms with E-state index in [0.717, 1.165) is 0 Å². The molecule has 1 aromatic heterocycles. The van der Waals surface area contributed by atoms with E-state index >= 15 is 0 Å². The van der Waals surface area contributed by atoms with Crippen molar-refractivity contribution < 1.29 is 32.3 Å². The molecule has 29 heavy (non-hydrogen) atoms. The number of anilines is 2. The molecule has 0 saturated carbocycles. The maximum absolute atomic E-state index is 12.7. The minimum absolute atomic E-state index is 0.0944. The molecule has 0 bridgehead atoms. The molecule has 2 N–H and O–H groups in total. The number of nitrogens with one attached hydrogen (secondary N) is 2. The number of amides is 2. The number of aryl methyl sites for hydroxylation is 1. The third-order valence-electron chi connectivity index (χ3n) is 3.55. The Morgan fingerprint density at radius 3 is 2.07 bits per heavy atom. The molecule has 2 amide bonds. The highest BCUT2D eigenvalue weighted by Crippen LogP contribution is 2.21. The van der Waals surface area contributed by atoms with Gasteiger partial charge in [-0.15, -0.1) is 0 Å². The van der Waals surface area contributed by atoms with Gasteiger partial charge >= 0.3 is 18.2 Å². The van der Waals surface area contributed by atoms with Crippen molar-refractivity contribution in [2.45, 2.75) is 32.5 Å². The maximum atomic E-state index is 12.7. The van der Waals surface area contributed by atoms with E-state index in [1.165, 1.54) is 41.1 Å². The summed E-state index contributed by atoms with van der Waals surface area (Å²) >= 11 is 0. The van der Waals surface area contributed by atoms with Gasteiger partial charge in [-0.1, -0.05) is 0 Å². The first-order valence-electron chi connectivity index (χ1n) is 8.45. The predicted octanol–water partition coefficient (Wildman–Crippen LogP) is 4.10. The molecule has 156 valence electrons. The van der Waals surface area contributed by atoms with E-state index in [1.807, 2.05) is 0 Å². The Morgan fingerprint density at radius 2 is 1.55 bits per heavy atom. The average molecular weight is 411 g/mol. The second-order valence-corrected chi connectivity index (χ2v) is 7.21. The third kappa shape index (κ3) is 6.09. The summed E-state index contributed by atoms with van der Waals surface area (Å²) < 4.78 is 43.5. The fraction of sp³-hybridized carbons (Fsp3) is 0.316. The standard InChI is InChI=1S/C19H20F3N3O4/c1-18(2,3)29-17(28)24-13-9-14(25(4)10-13)15(26)11-5-7-12(8-6-11)23-16(27)19(20,21)22/h5-10H,1-4H3,(H,23,27)(H,24,28). The number of nitrogens with zero attached hydrogens (tertiary/aromatic N) is 1. The molecule has 10 heteroatoms. The van der Waals surface area contributed by atoms with Gasteiger partial charge in [0.2, 0.25) is 5.78 Å². The van der Waals surface area contributed by atoms with Crippen LogP contribution in [0.4, 0.5) is 29.3 Å². The summed E-state index contributed by atoms with van der Waals surface area (Å²) in [5.74, 6) is -2.52. The van der Waals surface area contributed by atoms with E-state index in [1.54, 1.807) is 33.1 Å². The minimum Gasteiger partial charge on any atom is -0.444 e. The van der Waals surface area contributed by atoms with Gasteiger partial charge in [-0.2, -0.15) is 13.2 Å². The van der Waals surface area contributed by atoms with Gasteiger partial charge in [0, 0.05) is 24.5 Å². The molecule has 0 aliphatic heterocycles. The van der Waals surface area contributed by atoms with Crippen molar-refractivity contribution in [3.05, 3.63) is 47.8 Å². The number of ketones is 1. The highest BCUT2D eigenvalue weighted by atomic mass is 19.4. The van der Waals surface area contributed by atoms with Crippen LogP contribution in [0.1, 0.15) is 36.8 Å². The van der Waals surface area contributed by atoms with E-state index in [-0.39, 0.29) is 16.9 Å². The van der Waals surface area contributed by atoms with Crippen LogP contribution >= 0.6 is 0 Å². The van der Waals surface area contributed by atoms with Crippen molar-refractivity contribution in [3.8, 4) is 0 Å². The lowest BCUT2D eigenvalue weighted by Crippen LogP contribution is -2.29. The molecule has 0 spiro atoms.